The Morgan fingerprint density at radius 1 is 0.955 bits per heavy atom. The first-order chi connectivity index (χ1) is 10.6. The highest BCUT2D eigenvalue weighted by atomic mass is 16.5. The molecule has 2 fully saturated rings. The monoisotopic (exact) mass is 310 g/mol. The largest absolute Gasteiger partial charge is 0.452 e. The van der Waals surface area contributed by atoms with E-state index in [4.69, 9.17) is 4.74 Å². The molecule has 2 aliphatic rings. The van der Waals surface area contributed by atoms with Gasteiger partial charge in [0.25, 0.3) is 5.91 Å². The summed E-state index contributed by atoms with van der Waals surface area (Å²) in [5, 5.41) is 5.06. The van der Waals surface area contributed by atoms with Gasteiger partial charge < -0.3 is 10.1 Å². The third kappa shape index (κ3) is 5.00. The number of urea groups is 1. The summed E-state index contributed by atoms with van der Waals surface area (Å²) >= 11 is 0. The van der Waals surface area contributed by atoms with E-state index in [1.807, 2.05) is 0 Å². The summed E-state index contributed by atoms with van der Waals surface area (Å²) in [5.74, 6) is -0.987. The van der Waals surface area contributed by atoms with Crippen molar-refractivity contribution in [3.8, 4) is 0 Å². The van der Waals surface area contributed by atoms with Crippen LogP contribution in [0.4, 0.5) is 4.79 Å². The van der Waals surface area contributed by atoms with Crippen LogP contribution in [0.2, 0.25) is 0 Å². The summed E-state index contributed by atoms with van der Waals surface area (Å²) < 4.78 is 5.16. The minimum absolute atomic E-state index is 0.0914. The fourth-order valence-electron chi connectivity index (χ4n) is 3.17. The zero-order valence-corrected chi connectivity index (χ0v) is 13.2. The van der Waals surface area contributed by atoms with E-state index in [2.05, 4.69) is 10.6 Å². The minimum Gasteiger partial charge on any atom is -0.452 e. The Labute approximate surface area is 131 Å². The normalized spacial score (nSPS) is 21.1. The van der Waals surface area contributed by atoms with E-state index in [1.165, 1.54) is 13.3 Å². The van der Waals surface area contributed by atoms with Crippen LogP contribution < -0.4 is 10.6 Å². The van der Waals surface area contributed by atoms with Crippen molar-refractivity contribution in [3.63, 3.8) is 0 Å². The first-order valence-corrected chi connectivity index (χ1v) is 8.38. The molecule has 0 aromatic rings. The third-order valence-corrected chi connectivity index (χ3v) is 4.53. The van der Waals surface area contributed by atoms with Crippen molar-refractivity contribution in [2.24, 2.45) is 5.92 Å². The molecule has 6 nitrogen and oxygen atoms in total. The van der Waals surface area contributed by atoms with Gasteiger partial charge in [0.1, 0.15) is 0 Å². The average Bonchev–Trinajstić information content (AvgIpc) is 3.02. The molecule has 0 spiro atoms. The number of rotatable bonds is 4. The van der Waals surface area contributed by atoms with Crippen LogP contribution in [-0.4, -0.2) is 30.1 Å². The molecule has 0 heterocycles. The van der Waals surface area contributed by atoms with Crippen LogP contribution in [0.5, 0.6) is 0 Å². The lowest BCUT2D eigenvalue weighted by atomic mass is 9.96. The molecule has 0 aromatic carbocycles. The summed E-state index contributed by atoms with van der Waals surface area (Å²) in [4.78, 5) is 35.5. The Balaban J connectivity index is 1.70. The van der Waals surface area contributed by atoms with E-state index in [9.17, 15) is 14.4 Å². The van der Waals surface area contributed by atoms with E-state index >= 15 is 0 Å². The molecule has 2 N–H and O–H groups in total. The van der Waals surface area contributed by atoms with Gasteiger partial charge in [-0.1, -0.05) is 32.1 Å². The van der Waals surface area contributed by atoms with Gasteiger partial charge in [0.15, 0.2) is 6.10 Å². The molecule has 6 heteroatoms. The van der Waals surface area contributed by atoms with Crippen molar-refractivity contribution in [2.45, 2.75) is 76.9 Å². The molecule has 2 saturated carbocycles. The van der Waals surface area contributed by atoms with Crippen molar-refractivity contribution < 1.29 is 19.1 Å². The van der Waals surface area contributed by atoms with Crippen LogP contribution >= 0.6 is 0 Å². The molecule has 2 aliphatic carbocycles. The highest BCUT2D eigenvalue weighted by Crippen LogP contribution is 2.26. The van der Waals surface area contributed by atoms with E-state index in [-0.39, 0.29) is 17.9 Å². The average molecular weight is 310 g/mol. The third-order valence-electron chi connectivity index (χ3n) is 4.53. The van der Waals surface area contributed by atoms with Crippen molar-refractivity contribution in [3.05, 3.63) is 0 Å². The van der Waals surface area contributed by atoms with Gasteiger partial charge in [-0.2, -0.15) is 0 Å². The summed E-state index contributed by atoms with van der Waals surface area (Å²) in [6.45, 7) is 1.50. The predicted octanol–water partition coefficient (Wildman–Crippen LogP) is 2.27. The highest BCUT2D eigenvalue weighted by molar-refractivity contribution is 5.97. The van der Waals surface area contributed by atoms with Gasteiger partial charge in [0.2, 0.25) is 0 Å². The molecule has 124 valence electrons. The lowest BCUT2D eigenvalue weighted by Gasteiger charge is -2.23. The molecule has 0 aromatic heterocycles. The Bertz CT molecular complexity index is 412. The molecule has 3 amide bonds. The maximum atomic E-state index is 11.9. The smallest absolute Gasteiger partial charge is 0.321 e. The van der Waals surface area contributed by atoms with Crippen LogP contribution in [0.15, 0.2) is 0 Å². The summed E-state index contributed by atoms with van der Waals surface area (Å²) in [5.41, 5.74) is 0. The van der Waals surface area contributed by atoms with Crippen LogP contribution in [-0.2, 0) is 14.3 Å². The van der Waals surface area contributed by atoms with Crippen LogP contribution in [0, 0.1) is 5.92 Å². The number of hydrogen-bond acceptors (Lipinski definition) is 4. The fourth-order valence-corrected chi connectivity index (χ4v) is 3.17. The minimum atomic E-state index is -0.940. The van der Waals surface area contributed by atoms with Crippen molar-refractivity contribution in [2.75, 3.05) is 0 Å². The number of carbonyl (C=O) groups is 3. The molecular weight excluding hydrogens is 284 g/mol. The van der Waals surface area contributed by atoms with Gasteiger partial charge in [-0.3, -0.25) is 14.9 Å². The Morgan fingerprint density at radius 2 is 1.55 bits per heavy atom. The number of amides is 3. The highest BCUT2D eigenvalue weighted by Gasteiger charge is 2.28. The number of ether oxygens (including phenoxy) is 1. The lowest BCUT2D eigenvalue weighted by molar-refractivity contribution is -0.158. The molecule has 0 radical (unpaired) electrons. The Kier molecular flexibility index (Phi) is 6.21. The van der Waals surface area contributed by atoms with Gasteiger partial charge in [-0.15, -0.1) is 0 Å². The van der Waals surface area contributed by atoms with Crippen LogP contribution in [0.25, 0.3) is 0 Å². The van der Waals surface area contributed by atoms with E-state index in [0.717, 1.165) is 51.4 Å². The van der Waals surface area contributed by atoms with Gasteiger partial charge in [0, 0.05) is 6.04 Å². The van der Waals surface area contributed by atoms with Crippen molar-refractivity contribution in [1.29, 1.82) is 0 Å². The molecule has 22 heavy (non-hydrogen) atoms. The SMILES string of the molecule is C[C@H](OC(=O)C1CCCC1)C(=O)NC(=O)NC1CCCCC1. The first kappa shape index (κ1) is 16.8. The van der Waals surface area contributed by atoms with Gasteiger partial charge in [-0.25, -0.2) is 4.79 Å². The molecule has 0 bridgehead atoms. The second kappa shape index (κ2) is 8.15. The summed E-state index contributed by atoms with van der Waals surface area (Å²) in [7, 11) is 0. The van der Waals surface area contributed by atoms with Gasteiger partial charge in [0.05, 0.1) is 5.92 Å². The zero-order chi connectivity index (χ0) is 15.9. The second-order valence-electron chi connectivity index (χ2n) is 6.36. The molecule has 0 saturated heterocycles. The summed E-state index contributed by atoms with van der Waals surface area (Å²) in [6.07, 6.45) is 8.10. The van der Waals surface area contributed by atoms with E-state index in [1.54, 1.807) is 0 Å². The van der Waals surface area contributed by atoms with E-state index < -0.39 is 18.0 Å². The van der Waals surface area contributed by atoms with Gasteiger partial charge >= 0.3 is 12.0 Å². The molecular formula is C16H26N2O4. The second-order valence-corrected chi connectivity index (χ2v) is 6.36. The molecule has 2 rings (SSSR count). The number of imide groups is 1. The van der Waals surface area contributed by atoms with Crippen molar-refractivity contribution >= 4 is 17.9 Å². The number of nitrogens with one attached hydrogen (secondary N) is 2. The summed E-state index contributed by atoms with van der Waals surface area (Å²) in [6, 6.07) is -0.362. The zero-order valence-electron chi connectivity index (χ0n) is 13.2. The van der Waals surface area contributed by atoms with E-state index in [0.29, 0.717) is 0 Å². The maximum Gasteiger partial charge on any atom is 0.321 e. The molecule has 0 aliphatic heterocycles. The fraction of sp³-hybridized carbons (Fsp3) is 0.812. The maximum absolute atomic E-state index is 11.9. The predicted molar refractivity (Wildman–Crippen MR) is 81.1 cm³/mol. The van der Waals surface area contributed by atoms with Crippen molar-refractivity contribution in [1.82, 2.24) is 10.6 Å². The number of hydrogen-bond donors (Lipinski definition) is 2. The van der Waals surface area contributed by atoms with Gasteiger partial charge in [-0.05, 0) is 32.6 Å². The van der Waals surface area contributed by atoms with Crippen LogP contribution in [0.3, 0.4) is 0 Å². The molecule has 1 atom stereocenters. The standard InChI is InChI=1S/C16H26N2O4/c1-11(22-15(20)12-7-5-6-8-12)14(19)18-16(21)17-13-9-3-2-4-10-13/h11-13H,2-10H2,1H3,(H2,17,18,19,21)/t11-/m0/s1. The number of esters is 1. The lowest BCUT2D eigenvalue weighted by Crippen LogP contribution is -2.48. The Morgan fingerprint density at radius 3 is 2.18 bits per heavy atom. The van der Waals surface area contributed by atoms with Crippen LogP contribution in [0.1, 0.15) is 64.7 Å². The molecule has 0 unspecified atom stereocenters. The number of carbonyl (C=O) groups excluding carboxylic acids is 3. The quantitative estimate of drug-likeness (QED) is 0.780. The first-order valence-electron chi connectivity index (χ1n) is 8.38. The Hall–Kier alpha value is -1.59. The topological polar surface area (TPSA) is 84.5 Å².